The molecule has 0 unspecified atom stereocenters. The second-order valence-electron chi connectivity index (χ2n) is 3.30. The van der Waals surface area contributed by atoms with Crippen molar-refractivity contribution in [3.05, 3.63) is 42.0 Å². The van der Waals surface area contributed by atoms with Gasteiger partial charge in [-0.3, -0.25) is 4.79 Å². The van der Waals surface area contributed by atoms with Crippen LogP contribution in [0.3, 0.4) is 0 Å². The van der Waals surface area contributed by atoms with Crippen molar-refractivity contribution >= 4 is 5.91 Å². The maximum Gasteiger partial charge on any atom is 0.248 e. The predicted octanol–water partition coefficient (Wildman–Crippen LogP) is -0.175. The van der Waals surface area contributed by atoms with Gasteiger partial charge in [0.1, 0.15) is 12.7 Å². The molecule has 2 rings (SSSR count). The zero-order valence-corrected chi connectivity index (χ0v) is 8.50. The molecule has 4 N–H and O–H groups in total. The monoisotopic (exact) mass is 217 g/mol. The van der Waals surface area contributed by atoms with Crippen molar-refractivity contribution in [1.82, 2.24) is 14.8 Å². The second kappa shape index (κ2) is 4.11. The van der Waals surface area contributed by atoms with Crippen LogP contribution in [-0.2, 0) is 6.54 Å². The number of carbonyl (C=O) groups is 1. The number of rotatable bonds is 3. The summed E-state index contributed by atoms with van der Waals surface area (Å²) in [5.41, 5.74) is 12.7. The molecule has 0 radical (unpaired) electrons. The van der Waals surface area contributed by atoms with E-state index >= 15 is 0 Å². The highest BCUT2D eigenvalue weighted by molar-refractivity contribution is 5.93. The minimum absolute atomic E-state index is 0.336. The van der Waals surface area contributed by atoms with Crippen LogP contribution >= 0.6 is 0 Å². The summed E-state index contributed by atoms with van der Waals surface area (Å²) in [6.45, 7) is 0.336. The van der Waals surface area contributed by atoms with Crippen LogP contribution in [0.4, 0.5) is 0 Å². The molecule has 1 aromatic carbocycles. The fraction of sp³-hybridized carbons (Fsp3) is 0.100. The number of nitrogens with zero attached hydrogens (tertiary/aromatic N) is 3. The fourth-order valence-electron chi connectivity index (χ4n) is 1.41. The number of carbonyl (C=O) groups excluding carboxylic acids is 1. The molecule has 1 heterocycles. The van der Waals surface area contributed by atoms with Crippen molar-refractivity contribution in [1.29, 1.82) is 0 Å². The molecule has 6 nitrogen and oxygen atoms in total. The van der Waals surface area contributed by atoms with Gasteiger partial charge in [-0.25, -0.2) is 9.67 Å². The lowest BCUT2D eigenvalue weighted by Crippen LogP contribution is -2.13. The first-order valence-corrected chi connectivity index (χ1v) is 4.69. The van der Waals surface area contributed by atoms with Crippen molar-refractivity contribution in [2.75, 3.05) is 0 Å². The average Bonchev–Trinajstić information content (AvgIpc) is 2.81. The van der Waals surface area contributed by atoms with Crippen LogP contribution in [0.2, 0.25) is 0 Å². The minimum Gasteiger partial charge on any atom is -0.366 e. The summed E-state index contributed by atoms with van der Waals surface area (Å²) in [7, 11) is 0. The minimum atomic E-state index is -0.489. The highest BCUT2D eigenvalue weighted by Crippen LogP contribution is 2.12. The van der Waals surface area contributed by atoms with Gasteiger partial charge in [-0.15, -0.1) is 0 Å². The van der Waals surface area contributed by atoms with Crippen LogP contribution in [0.15, 0.2) is 30.9 Å². The quantitative estimate of drug-likeness (QED) is 0.745. The van der Waals surface area contributed by atoms with Gasteiger partial charge in [0.15, 0.2) is 0 Å². The lowest BCUT2D eigenvalue weighted by Gasteiger charge is -2.06. The predicted molar refractivity (Wildman–Crippen MR) is 57.8 cm³/mol. The summed E-state index contributed by atoms with van der Waals surface area (Å²) in [4.78, 5) is 15.0. The molecule has 0 aliphatic carbocycles. The van der Waals surface area contributed by atoms with E-state index in [1.54, 1.807) is 23.1 Å². The van der Waals surface area contributed by atoms with Gasteiger partial charge in [-0.2, -0.15) is 5.10 Å². The zero-order chi connectivity index (χ0) is 11.5. The van der Waals surface area contributed by atoms with Crippen molar-refractivity contribution in [2.24, 2.45) is 11.5 Å². The SMILES string of the molecule is NCc1cc(C(N)=O)cc(-n2cncn2)c1. The highest BCUT2D eigenvalue weighted by Gasteiger charge is 2.06. The van der Waals surface area contributed by atoms with Gasteiger partial charge >= 0.3 is 0 Å². The number of aromatic nitrogens is 3. The van der Waals surface area contributed by atoms with Crippen molar-refractivity contribution in [3.63, 3.8) is 0 Å². The maximum atomic E-state index is 11.1. The van der Waals surface area contributed by atoms with Crippen molar-refractivity contribution < 1.29 is 4.79 Å². The second-order valence-corrected chi connectivity index (χ2v) is 3.30. The largest absolute Gasteiger partial charge is 0.366 e. The summed E-state index contributed by atoms with van der Waals surface area (Å²) in [5, 5.41) is 3.97. The van der Waals surface area contributed by atoms with E-state index in [2.05, 4.69) is 10.1 Å². The Hall–Kier alpha value is -2.21. The van der Waals surface area contributed by atoms with Gasteiger partial charge in [0, 0.05) is 12.1 Å². The van der Waals surface area contributed by atoms with E-state index in [9.17, 15) is 4.79 Å². The highest BCUT2D eigenvalue weighted by atomic mass is 16.1. The van der Waals surface area contributed by atoms with Gasteiger partial charge in [0.25, 0.3) is 0 Å². The van der Waals surface area contributed by atoms with Crippen LogP contribution in [0.1, 0.15) is 15.9 Å². The lowest BCUT2D eigenvalue weighted by atomic mass is 10.1. The number of primary amides is 1. The maximum absolute atomic E-state index is 11.1. The van der Waals surface area contributed by atoms with Crippen LogP contribution in [0, 0.1) is 0 Å². The lowest BCUT2D eigenvalue weighted by molar-refractivity contribution is 0.1000. The van der Waals surface area contributed by atoms with Crippen LogP contribution in [-0.4, -0.2) is 20.7 Å². The third kappa shape index (κ3) is 1.91. The first-order chi connectivity index (χ1) is 7.70. The van der Waals surface area contributed by atoms with Crippen LogP contribution in [0.25, 0.3) is 5.69 Å². The molecule has 6 heteroatoms. The number of hydrogen-bond donors (Lipinski definition) is 2. The van der Waals surface area contributed by atoms with E-state index in [0.29, 0.717) is 17.8 Å². The smallest absolute Gasteiger partial charge is 0.248 e. The topological polar surface area (TPSA) is 99.8 Å². The Bertz CT molecular complexity index is 506. The molecule has 0 spiro atoms. The number of amides is 1. The molecule has 2 aromatic rings. The molecule has 1 aromatic heterocycles. The van der Waals surface area contributed by atoms with E-state index in [0.717, 1.165) is 5.56 Å². The van der Waals surface area contributed by atoms with Gasteiger partial charge < -0.3 is 11.5 Å². The van der Waals surface area contributed by atoms with Crippen molar-refractivity contribution in [3.8, 4) is 5.69 Å². The molecule has 0 atom stereocenters. The van der Waals surface area contributed by atoms with E-state index in [1.165, 1.54) is 6.33 Å². The zero-order valence-electron chi connectivity index (χ0n) is 8.50. The van der Waals surface area contributed by atoms with Gasteiger partial charge in [-0.05, 0) is 23.8 Å². The number of nitrogens with two attached hydrogens (primary N) is 2. The molecular weight excluding hydrogens is 206 g/mol. The fourth-order valence-corrected chi connectivity index (χ4v) is 1.41. The molecule has 0 fully saturated rings. The Morgan fingerprint density at radius 3 is 2.75 bits per heavy atom. The van der Waals surface area contributed by atoms with Crippen LogP contribution in [0.5, 0.6) is 0 Å². The van der Waals surface area contributed by atoms with E-state index in [4.69, 9.17) is 11.5 Å². The van der Waals surface area contributed by atoms with Gasteiger partial charge in [-0.1, -0.05) is 0 Å². The Morgan fingerprint density at radius 2 is 2.19 bits per heavy atom. The van der Waals surface area contributed by atoms with E-state index in [1.807, 2.05) is 6.07 Å². The standard InChI is InChI=1S/C10H11N5O/c11-4-7-1-8(10(12)16)3-9(2-7)15-6-13-5-14-15/h1-3,5-6H,4,11H2,(H2,12,16). The molecule has 0 saturated heterocycles. The Kier molecular flexibility index (Phi) is 2.65. The summed E-state index contributed by atoms with van der Waals surface area (Å²) < 4.78 is 1.55. The van der Waals surface area contributed by atoms with E-state index < -0.39 is 5.91 Å². The molecule has 0 saturated carbocycles. The molecule has 1 amide bonds. The van der Waals surface area contributed by atoms with Gasteiger partial charge in [0.2, 0.25) is 5.91 Å². The Labute approximate surface area is 91.9 Å². The number of benzene rings is 1. The number of hydrogen-bond acceptors (Lipinski definition) is 4. The average molecular weight is 217 g/mol. The van der Waals surface area contributed by atoms with Gasteiger partial charge in [0.05, 0.1) is 5.69 Å². The third-order valence-electron chi connectivity index (χ3n) is 2.18. The molecule has 0 aliphatic heterocycles. The summed E-state index contributed by atoms with van der Waals surface area (Å²) >= 11 is 0. The summed E-state index contributed by atoms with van der Waals surface area (Å²) in [6, 6.07) is 5.15. The third-order valence-corrected chi connectivity index (χ3v) is 2.18. The Morgan fingerprint density at radius 1 is 1.38 bits per heavy atom. The van der Waals surface area contributed by atoms with Crippen molar-refractivity contribution in [2.45, 2.75) is 6.54 Å². The molecule has 16 heavy (non-hydrogen) atoms. The molecule has 0 bridgehead atoms. The molecular formula is C10H11N5O. The molecule has 0 aliphatic rings. The summed E-state index contributed by atoms with van der Waals surface area (Å²) in [6.07, 6.45) is 2.96. The Balaban J connectivity index is 2.53. The normalized spacial score (nSPS) is 10.3. The van der Waals surface area contributed by atoms with Crippen LogP contribution < -0.4 is 11.5 Å². The molecule has 82 valence electrons. The summed E-state index contributed by atoms with van der Waals surface area (Å²) in [5.74, 6) is -0.489. The first kappa shape index (κ1) is 10.3. The van der Waals surface area contributed by atoms with E-state index in [-0.39, 0.29) is 0 Å². The first-order valence-electron chi connectivity index (χ1n) is 4.69.